The Morgan fingerprint density at radius 3 is 2.44 bits per heavy atom. The van der Waals surface area contributed by atoms with Crippen LogP contribution < -0.4 is 5.32 Å². The van der Waals surface area contributed by atoms with Crippen molar-refractivity contribution in [3.05, 3.63) is 33.8 Å². The van der Waals surface area contributed by atoms with Crippen LogP contribution in [0, 0.1) is 0 Å². The van der Waals surface area contributed by atoms with E-state index in [0.29, 0.717) is 29.8 Å². The van der Waals surface area contributed by atoms with Gasteiger partial charge in [-0.2, -0.15) is 0 Å². The molecule has 0 bridgehead atoms. The number of nitrogens with one attached hydrogen (secondary N) is 1. The number of aliphatic hydroxyl groups excluding tert-OH is 1. The number of hydrogen-bond donors (Lipinski definition) is 2. The van der Waals surface area contributed by atoms with E-state index < -0.39 is 0 Å². The summed E-state index contributed by atoms with van der Waals surface area (Å²) in [5.41, 5.74) is 1.04. The molecule has 2 N–H and O–H groups in total. The molecule has 1 aromatic rings. The summed E-state index contributed by atoms with van der Waals surface area (Å²) in [6.07, 6.45) is 0. The standard InChI is InChI=1S/C11H15Cl2NO2/c12-10-5-9(6-11(13)7-10)8-14-1-3-16-4-2-15/h5-7,14-15H,1-4,8H2. The molecule has 90 valence electrons. The number of halogens is 2. The minimum absolute atomic E-state index is 0.0594. The van der Waals surface area contributed by atoms with Crippen LogP contribution in [0.5, 0.6) is 0 Å². The van der Waals surface area contributed by atoms with Crippen LogP contribution in [0.2, 0.25) is 10.0 Å². The van der Waals surface area contributed by atoms with Gasteiger partial charge in [-0.3, -0.25) is 0 Å². The van der Waals surface area contributed by atoms with Crippen molar-refractivity contribution < 1.29 is 9.84 Å². The van der Waals surface area contributed by atoms with Gasteiger partial charge in [-0.25, -0.2) is 0 Å². The highest BCUT2D eigenvalue weighted by Crippen LogP contribution is 2.18. The molecule has 0 aromatic heterocycles. The lowest BCUT2D eigenvalue weighted by Crippen LogP contribution is -2.20. The van der Waals surface area contributed by atoms with Gasteiger partial charge in [-0.15, -0.1) is 0 Å². The van der Waals surface area contributed by atoms with E-state index in [9.17, 15) is 0 Å². The Bertz CT molecular complexity index is 301. The fraction of sp³-hybridized carbons (Fsp3) is 0.455. The van der Waals surface area contributed by atoms with Crippen LogP contribution in [-0.4, -0.2) is 31.5 Å². The van der Waals surface area contributed by atoms with Gasteiger partial charge in [-0.1, -0.05) is 23.2 Å². The maximum Gasteiger partial charge on any atom is 0.0698 e. The maximum absolute atomic E-state index is 8.49. The molecule has 0 radical (unpaired) electrons. The largest absolute Gasteiger partial charge is 0.394 e. The molecule has 0 atom stereocenters. The van der Waals surface area contributed by atoms with Crippen molar-refractivity contribution in [1.82, 2.24) is 5.32 Å². The van der Waals surface area contributed by atoms with Crippen LogP contribution in [-0.2, 0) is 11.3 Å². The third-order valence-corrected chi connectivity index (χ3v) is 2.35. The number of benzene rings is 1. The van der Waals surface area contributed by atoms with Gasteiger partial charge in [0.2, 0.25) is 0 Å². The zero-order chi connectivity index (χ0) is 11.8. The Morgan fingerprint density at radius 1 is 1.12 bits per heavy atom. The van der Waals surface area contributed by atoms with E-state index in [1.807, 2.05) is 12.1 Å². The maximum atomic E-state index is 8.49. The third-order valence-electron chi connectivity index (χ3n) is 1.91. The molecule has 0 aliphatic carbocycles. The van der Waals surface area contributed by atoms with Crippen LogP contribution in [0.1, 0.15) is 5.56 Å². The van der Waals surface area contributed by atoms with Gasteiger partial charge in [-0.05, 0) is 23.8 Å². The van der Waals surface area contributed by atoms with Crippen LogP contribution in [0.4, 0.5) is 0 Å². The molecule has 5 heteroatoms. The minimum Gasteiger partial charge on any atom is -0.394 e. The summed E-state index contributed by atoms with van der Waals surface area (Å²) < 4.78 is 5.10. The second-order valence-corrected chi connectivity index (χ2v) is 4.16. The van der Waals surface area contributed by atoms with Crippen molar-refractivity contribution in [2.24, 2.45) is 0 Å². The van der Waals surface area contributed by atoms with Crippen molar-refractivity contribution in [2.75, 3.05) is 26.4 Å². The fourth-order valence-electron chi connectivity index (χ4n) is 1.26. The Kier molecular flexibility index (Phi) is 6.76. The molecule has 0 aliphatic rings. The van der Waals surface area contributed by atoms with Crippen molar-refractivity contribution in [2.45, 2.75) is 6.54 Å². The summed E-state index contributed by atoms with van der Waals surface area (Å²) in [7, 11) is 0. The zero-order valence-corrected chi connectivity index (χ0v) is 10.4. The summed E-state index contributed by atoms with van der Waals surface area (Å²) >= 11 is 11.7. The molecule has 0 unspecified atom stereocenters. The second kappa shape index (κ2) is 7.87. The molecule has 16 heavy (non-hydrogen) atoms. The first-order valence-corrected chi connectivity index (χ1v) is 5.82. The van der Waals surface area contributed by atoms with Gasteiger partial charge in [0.25, 0.3) is 0 Å². The third kappa shape index (κ3) is 5.68. The summed E-state index contributed by atoms with van der Waals surface area (Å²) in [6, 6.07) is 5.45. The average molecular weight is 264 g/mol. The zero-order valence-electron chi connectivity index (χ0n) is 8.88. The van der Waals surface area contributed by atoms with Crippen molar-refractivity contribution in [3.63, 3.8) is 0 Å². The molecule has 0 aliphatic heterocycles. The predicted molar refractivity (Wildman–Crippen MR) is 66.1 cm³/mol. The van der Waals surface area contributed by atoms with Gasteiger partial charge in [0, 0.05) is 23.1 Å². The first kappa shape index (κ1) is 13.7. The van der Waals surface area contributed by atoms with Crippen molar-refractivity contribution in [3.8, 4) is 0 Å². The van der Waals surface area contributed by atoms with E-state index >= 15 is 0 Å². The van der Waals surface area contributed by atoms with Crippen LogP contribution in [0.3, 0.4) is 0 Å². The fourth-order valence-corrected chi connectivity index (χ4v) is 1.83. The summed E-state index contributed by atoms with van der Waals surface area (Å²) in [6.45, 7) is 2.44. The number of rotatable bonds is 7. The highest BCUT2D eigenvalue weighted by molar-refractivity contribution is 6.34. The Morgan fingerprint density at radius 2 is 1.81 bits per heavy atom. The molecule has 0 fully saturated rings. The molecule has 1 rings (SSSR count). The lowest BCUT2D eigenvalue weighted by molar-refractivity contribution is 0.0938. The Balaban J connectivity index is 2.21. The molecule has 0 saturated carbocycles. The van der Waals surface area contributed by atoms with Crippen molar-refractivity contribution in [1.29, 1.82) is 0 Å². The SMILES string of the molecule is OCCOCCNCc1cc(Cl)cc(Cl)c1. The van der Waals surface area contributed by atoms with E-state index in [1.165, 1.54) is 0 Å². The summed E-state index contributed by atoms with van der Waals surface area (Å²) in [5, 5.41) is 13.0. The van der Waals surface area contributed by atoms with E-state index in [1.54, 1.807) is 6.07 Å². The molecule has 1 aromatic carbocycles. The molecule has 0 amide bonds. The van der Waals surface area contributed by atoms with Gasteiger partial charge < -0.3 is 15.2 Å². The topological polar surface area (TPSA) is 41.5 Å². The smallest absolute Gasteiger partial charge is 0.0698 e. The van der Waals surface area contributed by atoms with Gasteiger partial charge >= 0.3 is 0 Å². The number of ether oxygens (including phenoxy) is 1. The van der Waals surface area contributed by atoms with Crippen LogP contribution in [0.15, 0.2) is 18.2 Å². The predicted octanol–water partition coefficient (Wildman–Crippen LogP) is 2.09. The summed E-state index contributed by atoms with van der Waals surface area (Å²) in [5.74, 6) is 0. The highest BCUT2D eigenvalue weighted by Gasteiger charge is 1.97. The molecule has 0 saturated heterocycles. The summed E-state index contributed by atoms with van der Waals surface area (Å²) in [4.78, 5) is 0. The van der Waals surface area contributed by atoms with Crippen LogP contribution >= 0.6 is 23.2 Å². The molecule has 0 heterocycles. The van der Waals surface area contributed by atoms with E-state index in [4.69, 9.17) is 33.0 Å². The van der Waals surface area contributed by atoms with E-state index in [0.717, 1.165) is 12.1 Å². The van der Waals surface area contributed by atoms with Crippen molar-refractivity contribution >= 4 is 23.2 Å². The Labute approximate surface area is 105 Å². The monoisotopic (exact) mass is 263 g/mol. The number of hydrogen-bond acceptors (Lipinski definition) is 3. The minimum atomic E-state index is 0.0594. The highest BCUT2D eigenvalue weighted by atomic mass is 35.5. The molecule has 0 spiro atoms. The van der Waals surface area contributed by atoms with Gasteiger partial charge in [0.05, 0.1) is 19.8 Å². The van der Waals surface area contributed by atoms with Gasteiger partial charge in [0.1, 0.15) is 0 Å². The lowest BCUT2D eigenvalue weighted by atomic mass is 10.2. The first-order valence-electron chi connectivity index (χ1n) is 5.06. The lowest BCUT2D eigenvalue weighted by Gasteiger charge is -2.06. The first-order chi connectivity index (χ1) is 7.72. The van der Waals surface area contributed by atoms with Gasteiger partial charge in [0.15, 0.2) is 0 Å². The van der Waals surface area contributed by atoms with E-state index in [-0.39, 0.29) is 6.61 Å². The Hall–Kier alpha value is -0.320. The molecule has 3 nitrogen and oxygen atoms in total. The normalized spacial score (nSPS) is 10.7. The van der Waals surface area contributed by atoms with E-state index in [2.05, 4.69) is 5.32 Å². The quantitative estimate of drug-likeness (QED) is 0.741. The number of aliphatic hydroxyl groups is 1. The second-order valence-electron chi connectivity index (χ2n) is 3.29. The van der Waals surface area contributed by atoms with Crippen LogP contribution in [0.25, 0.3) is 0 Å². The molecular formula is C11H15Cl2NO2. The average Bonchev–Trinajstić information content (AvgIpc) is 2.22. The molecular weight excluding hydrogens is 249 g/mol.